The number of ether oxygens (including phenoxy) is 1. The third-order valence-electron chi connectivity index (χ3n) is 3.30. The minimum Gasteiger partial charge on any atom is -0.496 e. The standard InChI is InChI=1S/C15H25N3O3/c1-18(8-4-3-5-9-19)11-12-6-7-13(15(16)17-20)14(10-12)21-2/h6-7,10,19-20H,3-5,8-9,11H2,1-2H3,(H2,16,17). The van der Waals surface area contributed by atoms with Gasteiger partial charge in [0.15, 0.2) is 5.84 Å². The summed E-state index contributed by atoms with van der Waals surface area (Å²) in [5, 5.41) is 20.5. The van der Waals surface area contributed by atoms with Crippen LogP contribution >= 0.6 is 0 Å². The number of oxime groups is 1. The van der Waals surface area contributed by atoms with Gasteiger partial charge in [0.2, 0.25) is 0 Å². The normalized spacial score (nSPS) is 11.9. The van der Waals surface area contributed by atoms with E-state index in [1.807, 2.05) is 12.1 Å². The molecule has 0 bridgehead atoms. The van der Waals surface area contributed by atoms with Crippen molar-refractivity contribution in [2.24, 2.45) is 10.9 Å². The van der Waals surface area contributed by atoms with Crippen LogP contribution < -0.4 is 10.5 Å². The van der Waals surface area contributed by atoms with Crippen LogP contribution in [0.4, 0.5) is 0 Å². The summed E-state index contributed by atoms with van der Waals surface area (Å²) in [4.78, 5) is 2.22. The van der Waals surface area contributed by atoms with Gasteiger partial charge in [0.25, 0.3) is 0 Å². The second kappa shape index (κ2) is 9.20. The zero-order valence-electron chi connectivity index (χ0n) is 12.7. The number of amidine groups is 1. The molecule has 118 valence electrons. The Morgan fingerprint density at radius 3 is 2.71 bits per heavy atom. The molecule has 1 aromatic rings. The second-order valence-corrected chi connectivity index (χ2v) is 5.04. The molecule has 0 aliphatic carbocycles. The summed E-state index contributed by atoms with van der Waals surface area (Å²) in [5.74, 6) is 0.632. The summed E-state index contributed by atoms with van der Waals surface area (Å²) < 4.78 is 5.29. The number of hydrogen-bond donors (Lipinski definition) is 3. The Hall–Kier alpha value is -1.79. The molecule has 0 spiro atoms. The molecule has 21 heavy (non-hydrogen) atoms. The number of methoxy groups -OCH3 is 1. The molecule has 0 aromatic heterocycles. The van der Waals surface area contributed by atoms with E-state index in [2.05, 4.69) is 17.1 Å². The van der Waals surface area contributed by atoms with Crippen molar-refractivity contribution in [1.82, 2.24) is 4.90 Å². The van der Waals surface area contributed by atoms with Gasteiger partial charge in [-0.05, 0) is 50.6 Å². The minimum atomic E-state index is 0.0377. The van der Waals surface area contributed by atoms with Gasteiger partial charge >= 0.3 is 0 Å². The lowest BCUT2D eigenvalue weighted by Gasteiger charge is -2.17. The van der Waals surface area contributed by atoms with Crippen LogP contribution in [0.1, 0.15) is 30.4 Å². The molecule has 0 amide bonds. The quantitative estimate of drug-likeness (QED) is 0.210. The molecule has 0 saturated heterocycles. The summed E-state index contributed by atoms with van der Waals surface area (Å²) in [6.45, 7) is 2.03. The summed E-state index contributed by atoms with van der Waals surface area (Å²) in [5.41, 5.74) is 7.29. The summed E-state index contributed by atoms with van der Waals surface area (Å²) in [6.07, 6.45) is 2.96. The van der Waals surface area contributed by atoms with Crippen molar-refractivity contribution in [3.05, 3.63) is 29.3 Å². The molecule has 0 atom stereocenters. The maximum absolute atomic E-state index is 8.75. The lowest BCUT2D eigenvalue weighted by Crippen LogP contribution is -2.20. The average molecular weight is 295 g/mol. The summed E-state index contributed by atoms with van der Waals surface area (Å²) in [7, 11) is 3.62. The molecule has 0 aliphatic heterocycles. The fourth-order valence-electron chi connectivity index (χ4n) is 2.16. The topological polar surface area (TPSA) is 91.3 Å². The number of nitrogens with two attached hydrogens (primary N) is 1. The average Bonchev–Trinajstić information content (AvgIpc) is 2.50. The van der Waals surface area contributed by atoms with Crippen LogP contribution in [0.25, 0.3) is 0 Å². The van der Waals surface area contributed by atoms with Crippen LogP contribution in [0.5, 0.6) is 5.75 Å². The van der Waals surface area contributed by atoms with E-state index >= 15 is 0 Å². The Balaban J connectivity index is 2.63. The summed E-state index contributed by atoms with van der Waals surface area (Å²) >= 11 is 0. The predicted molar refractivity (Wildman–Crippen MR) is 82.8 cm³/mol. The number of rotatable bonds is 9. The highest BCUT2D eigenvalue weighted by molar-refractivity contribution is 5.99. The Bertz CT molecular complexity index is 463. The zero-order valence-corrected chi connectivity index (χ0v) is 12.7. The Morgan fingerprint density at radius 2 is 2.10 bits per heavy atom. The molecule has 4 N–H and O–H groups in total. The third kappa shape index (κ3) is 5.61. The first kappa shape index (κ1) is 17.3. The fraction of sp³-hybridized carbons (Fsp3) is 0.533. The van der Waals surface area contributed by atoms with Gasteiger partial charge < -0.3 is 25.7 Å². The molecule has 0 saturated carbocycles. The first-order chi connectivity index (χ1) is 10.1. The number of unbranched alkanes of at least 4 members (excludes halogenated alkanes) is 2. The van der Waals surface area contributed by atoms with Crippen molar-refractivity contribution in [3.8, 4) is 5.75 Å². The van der Waals surface area contributed by atoms with E-state index in [-0.39, 0.29) is 12.4 Å². The van der Waals surface area contributed by atoms with E-state index in [1.54, 1.807) is 13.2 Å². The van der Waals surface area contributed by atoms with Crippen LogP contribution in [0.3, 0.4) is 0 Å². The number of nitrogens with zero attached hydrogens (tertiary/aromatic N) is 2. The van der Waals surface area contributed by atoms with Gasteiger partial charge in [0.1, 0.15) is 5.75 Å². The zero-order chi connectivity index (χ0) is 15.7. The third-order valence-corrected chi connectivity index (χ3v) is 3.30. The van der Waals surface area contributed by atoms with Crippen LogP contribution in [-0.2, 0) is 6.54 Å². The Labute approximate surface area is 125 Å². The monoisotopic (exact) mass is 295 g/mol. The van der Waals surface area contributed by atoms with Gasteiger partial charge in [0.05, 0.1) is 12.7 Å². The second-order valence-electron chi connectivity index (χ2n) is 5.04. The highest BCUT2D eigenvalue weighted by Crippen LogP contribution is 2.21. The highest BCUT2D eigenvalue weighted by Gasteiger charge is 2.09. The molecule has 0 fully saturated rings. The molecule has 6 heteroatoms. The van der Waals surface area contributed by atoms with Crippen molar-refractivity contribution >= 4 is 5.84 Å². The highest BCUT2D eigenvalue weighted by atomic mass is 16.5. The molecule has 1 aromatic carbocycles. The fourth-order valence-corrected chi connectivity index (χ4v) is 2.16. The molecule has 0 radical (unpaired) electrons. The SMILES string of the molecule is COc1cc(CN(C)CCCCCO)ccc1/C(N)=N/O. The van der Waals surface area contributed by atoms with Crippen molar-refractivity contribution in [2.45, 2.75) is 25.8 Å². The first-order valence-corrected chi connectivity index (χ1v) is 7.06. The predicted octanol–water partition coefficient (Wildman–Crippen LogP) is 1.38. The largest absolute Gasteiger partial charge is 0.496 e. The Morgan fingerprint density at radius 1 is 1.33 bits per heavy atom. The lowest BCUT2D eigenvalue weighted by atomic mass is 10.1. The van der Waals surface area contributed by atoms with Crippen molar-refractivity contribution in [1.29, 1.82) is 0 Å². The van der Waals surface area contributed by atoms with Crippen molar-refractivity contribution in [2.75, 3.05) is 27.3 Å². The molecular formula is C15H25N3O3. The molecule has 0 unspecified atom stereocenters. The van der Waals surface area contributed by atoms with Crippen LogP contribution in [-0.4, -0.2) is 48.4 Å². The van der Waals surface area contributed by atoms with Gasteiger partial charge in [-0.1, -0.05) is 11.2 Å². The number of hydrogen-bond acceptors (Lipinski definition) is 5. The Kier molecular flexibility index (Phi) is 7.56. The van der Waals surface area contributed by atoms with Gasteiger partial charge in [-0.2, -0.15) is 0 Å². The minimum absolute atomic E-state index is 0.0377. The van der Waals surface area contributed by atoms with E-state index in [4.69, 9.17) is 20.8 Å². The number of aliphatic hydroxyl groups excluding tert-OH is 1. The van der Waals surface area contributed by atoms with E-state index in [0.717, 1.165) is 37.9 Å². The maximum atomic E-state index is 8.75. The van der Waals surface area contributed by atoms with E-state index in [1.165, 1.54) is 0 Å². The van der Waals surface area contributed by atoms with Gasteiger partial charge in [-0.15, -0.1) is 0 Å². The van der Waals surface area contributed by atoms with E-state index < -0.39 is 0 Å². The first-order valence-electron chi connectivity index (χ1n) is 7.06. The number of aliphatic hydroxyl groups is 1. The van der Waals surface area contributed by atoms with E-state index in [0.29, 0.717) is 11.3 Å². The molecule has 0 heterocycles. The van der Waals surface area contributed by atoms with Crippen molar-refractivity contribution < 1.29 is 15.1 Å². The van der Waals surface area contributed by atoms with Crippen molar-refractivity contribution in [3.63, 3.8) is 0 Å². The molecule has 1 rings (SSSR count). The van der Waals surface area contributed by atoms with Gasteiger partial charge in [-0.3, -0.25) is 0 Å². The van der Waals surface area contributed by atoms with E-state index in [9.17, 15) is 0 Å². The maximum Gasteiger partial charge on any atom is 0.173 e. The molecule has 0 aliphatic rings. The lowest BCUT2D eigenvalue weighted by molar-refractivity contribution is 0.271. The van der Waals surface area contributed by atoms with Crippen LogP contribution in [0.2, 0.25) is 0 Å². The molecular weight excluding hydrogens is 270 g/mol. The summed E-state index contributed by atoms with van der Waals surface area (Å²) in [6, 6.07) is 5.64. The van der Waals surface area contributed by atoms with Gasteiger partial charge in [-0.25, -0.2) is 0 Å². The van der Waals surface area contributed by atoms with Crippen LogP contribution in [0.15, 0.2) is 23.4 Å². The van der Waals surface area contributed by atoms with Crippen LogP contribution in [0, 0.1) is 0 Å². The van der Waals surface area contributed by atoms with Gasteiger partial charge in [0, 0.05) is 13.2 Å². The smallest absolute Gasteiger partial charge is 0.173 e. The molecule has 6 nitrogen and oxygen atoms in total. The number of benzene rings is 1.